The number of carbonyl (C=O) groups is 1. The van der Waals surface area contributed by atoms with E-state index in [1.54, 1.807) is 18.2 Å². The molecule has 0 unspecified atom stereocenters. The Bertz CT molecular complexity index is 620. The van der Waals surface area contributed by atoms with Gasteiger partial charge < -0.3 is 0 Å². The van der Waals surface area contributed by atoms with E-state index in [1.807, 2.05) is 19.9 Å². The highest BCUT2D eigenvalue weighted by atomic mass is 79.9. The Balaban J connectivity index is 2.28. The summed E-state index contributed by atoms with van der Waals surface area (Å²) >= 11 is 3.16. The number of benzene rings is 1. The third-order valence-electron chi connectivity index (χ3n) is 2.77. The molecule has 0 fully saturated rings. The molecule has 0 spiro atoms. The quantitative estimate of drug-likeness (QED) is 0.799. The molecule has 2 rings (SSSR count). The van der Waals surface area contributed by atoms with Crippen LogP contribution < -0.4 is 0 Å². The summed E-state index contributed by atoms with van der Waals surface area (Å²) in [6, 6.07) is 8.34. The molecule has 1 heterocycles. The van der Waals surface area contributed by atoms with E-state index < -0.39 is 0 Å². The molecule has 0 saturated carbocycles. The zero-order valence-corrected chi connectivity index (χ0v) is 12.3. The minimum Gasteiger partial charge on any atom is -0.292 e. The smallest absolute Gasteiger partial charge is 0.185 e. The molecule has 19 heavy (non-hydrogen) atoms. The molecule has 0 aliphatic carbocycles. The van der Waals surface area contributed by atoms with Gasteiger partial charge in [0.2, 0.25) is 0 Å². The number of carbonyl (C=O) groups excluding carboxylic acids is 1. The number of halogens is 2. The van der Waals surface area contributed by atoms with Crippen LogP contribution >= 0.6 is 15.9 Å². The molecule has 0 aliphatic rings. The third-order valence-corrected chi connectivity index (χ3v) is 3.65. The van der Waals surface area contributed by atoms with Crippen LogP contribution in [0, 0.1) is 19.7 Å². The fourth-order valence-corrected chi connectivity index (χ4v) is 2.34. The van der Waals surface area contributed by atoms with Crippen molar-refractivity contribution in [3.63, 3.8) is 0 Å². The van der Waals surface area contributed by atoms with Gasteiger partial charge in [-0.2, -0.15) is 0 Å². The summed E-state index contributed by atoms with van der Waals surface area (Å²) in [7, 11) is 0. The average molecular weight is 322 g/mol. The number of pyridine rings is 1. The van der Waals surface area contributed by atoms with Gasteiger partial charge in [-0.3, -0.25) is 4.79 Å². The molecule has 0 amide bonds. The second-order valence-electron chi connectivity index (χ2n) is 4.48. The van der Waals surface area contributed by atoms with E-state index in [-0.39, 0.29) is 18.0 Å². The minimum absolute atomic E-state index is 0.113. The van der Waals surface area contributed by atoms with Crippen LogP contribution in [-0.2, 0) is 6.42 Å². The van der Waals surface area contributed by atoms with E-state index in [1.165, 1.54) is 6.07 Å². The van der Waals surface area contributed by atoms with Crippen LogP contribution in [0.15, 0.2) is 34.8 Å². The first-order chi connectivity index (χ1) is 8.97. The van der Waals surface area contributed by atoms with E-state index in [2.05, 4.69) is 20.9 Å². The van der Waals surface area contributed by atoms with Gasteiger partial charge in [-0.05, 0) is 59.1 Å². The molecule has 2 nitrogen and oxygen atoms in total. The number of ketones is 1. The van der Waals surface area contributed by atoms with Crippen LogP contribution in [0.2, 0.25) is 0 Å². The number of rotatable bonds is 3. The SMILES string of the molecule is Cc1cc(C)nc(C(=O)Cc2cccc(F)c2Br)c1. The molecule has 0 aliphatic heterocycles. The number of hydrogen-bond donors (Lipinski definition) is 0. The zero-order chi connectivity index (χ0) is 14.0. The van der Waals surface area contributed by atoms with Crippen LogP contribution in [0.25, 0.3) is 0 Å². The molecular weight excluding hydrogens is 309 g/mol. The van der Waals surface area contributed by atoms with Crippen LogP contribution in [0.4, 0.5) is 4.39 Å². The van der Waals surface area contributed by atoms with Gasteiger partial charge in [0.05, 0.1) is 4.47 Å². The van der Waals surface area contributed by atoms with Gasteiger partial charge in [0, 0.05) is 12.1 Å². The summed E-state index contributed by atoms with van der Waals surface area (Å²) < 4.78 is 13.7. The minimum atomic E-state index is -0.362. The second kappa shape index (κ2) is 5.61. The fraction of sp³-hybridized carbons (Fsp3) is 0.200. The third kappa shape index (κ3) is 3.26. The van der Waals surface area contributed by atoms with Crippen LogP contribution in [0.5, 0.6) is 0 Å². The lowest BCUT2D eigenvalue weighted by atomic mass is 10.1. The van der Waals surface area contributed by atoms with Gasteiger partial charge >= 0.3 is 0 Å². The summed E-state index contributed by atoms with van der Waals surface area (Å²) in [5.74, 6) is -0.475. The summed E-state index contributed by atoms with van der Waals surface area (Å²) in [5.41, 5.74) is 2.86. The molecule has 1 aromatic heterocycles. The maximum absolute atomic E-state index is 13.4. The molecule has 4 heteroatoms. The van der Waals surface area contributed by atoms with Gasteiger partial charge in [0.15, 0.2) is 5.78 Å². The lowest BCUT2D eigenvalue weighted by Crippen LogP contribution is -2.08. The van der Waals surface area contributed by atoms with Gasteiger partial charge in [-0.1, -0.05) is 12.1 Å². The van der Waals surface area contributed by atoms with Crippen molar-refractivity contribution in [2.45, 2.75) is 20.3 Å². The molecule has 1 aromatic carbocycles. The van der Waals surface area contributed by atoms with Gasteiger partial charge in [-0.15, -0.1) is 0 Å². The second-order valence-corrected chi connectivity index (χ2v) is 5.28. The van der Waals surface area contributed by atoms with E-state index in [4.69, 9.17) is 0 Å². The largest absolute Gasteiger partial charge is 0.292 e. The van der Waals surface area contributed by atoms with Crippen molar-refractivity contribution < 1.29 is 9.18 Å². The maximum Gasteiger partial charge on any atom is 0.185 e. The number of Topliss-reactive ketones (excluding diaryl/α,β-unsaturated/α-hetero) is 1. The highest BCUT2D eigenvalue weighted by Crippen LogP contribution is 2.22. The number of hydrogen-bond acceptors (Lipinski definition) is 2. The molecule has 98 valence electrons. The Labute approximate surface area is 119 Å². The van der Waals surface area contributed by atoms with Gasteiger partial charge in [0.1, 0.15) is 11.5 Å². The summed E-state index contributed by atoms with van der Waals surface area (Å²) in [4.78, 5) is 16.4. The van der Waals surface area contributed by atoms with Crippen molar-refractivity contribution in [3.05, 3.63) is 63.1 Å². The topological polar surface area (TPSA) is 30.0 Å². The van der Waals surface area contributed by atoms with E-state index in [0.717, 1.165) is 11.3 Å². The summed E-state index contributed by atoms with van der Waals surface area (Å²) in [5, 5.41) is 0. The first-order valence-electron chi connectivity index (χ1n) is 5.89. The first kappa shape index (κ1) is 13.9. The Morgan fingerprint density at radius 2 is 2.05 bits per heavy atom. The van der Waals surface area contributed by atoms with E-state index in [0.29, 0.717) is 15.7 Å². The first-order valence-corrected chi connectivity index (χ1v) is 6.68. The predicted octanol–water partition coefficient (Wildman–Crippen LogP) is 4.03. The maximum atomic E-state index is 13.4. The standard InChI is InChI=1S/C15H13BrFNO/c1-9-6-10(2)18-13(7-9)14(19)8-11-4-3-5-12(17)15(11)16/h3-7H,8H2,1-2H3. The van der Waals surface area contributed by atoms with Crippen molar-refractivity contribution in [3.8, 4) is 0 Å². The normalized spacial score (nSPS) is 10.5. The van der Waals surface area contributed by atoms with Crippen molar-refractivity contribution in [1.82, 2.24) is 4.98 Å². The van der Waals surface area contributed by atoms with Gasteiger partial charge in [0.25, 0.3) is 0 Å². The highest BCUT2D eigenvalue weighted by molar-refractivity contribution is 9.10. The summed E-state index contributed by atoms with van der Waals surface area (Å²) in [6.07, 6.45) is 0.133. The van der Waals surface area contributed by atoms with Crippen LogP contribution in [-0.4, -0.2) is 10.8 Å². The summed E-state index contributed by atoms with van der Waals surface area (Å²) in [6.45, 7) is 3.77. The zero-order valence-electron chi connectivity index (χ0n) is 10.7. The fourth-order valence-electron chi connectivity index (χ4n) is 1.93. The Morgan fingerprint density at radius 1 is 1.32 bits per heavy atom. The molecule has 2 aromatic rings. The highest BCUT2D eigenvalue weighted by Gasteiger charge is 2.13. The van der Waals surface area contributed by atoms with Crippen LogP contribution in [0.1, 0.15) is 27.3 Å². The molecular formula is C15H13BrFNO. The Hall–Kier alpha value is -1.55. The lowest BCUT2D eigenvalue weighted by molar-refractivity contribution is 0.0987. The number of aromatic nitrogens is 1. The Morgan fingerprint density at radius 3 is 2.74 bits per heavy atom. The average Bonchev–Trinajstić information content (AvgIpc) is 2.33. The Kier molecular flexibility index (Phi) is 4.10. The molecule has 0 bridgehead atoms. The monoisotopic (exact) mass is 321 g/mol. The molecule has 0 atom stereocenters. The molecule has 0 saturated heterocycles. The van der Waals surface area contributed by atoms with Crippen molar-refractivity contribution in [2.75, 3.05) is 0 Å². The van der Waals surface area contributed by atoms with Crippen LogP contribution in [0.3, 0.4) is 0 Å². The van der Waals surface area contributed by atoms with Crippen molar-refractivity contribution in [2.24, 2.45) is 0 Å². The number of aryl methyl sites for hydroxylation is 2. The molecule has 0 N–H and O–H groups in total. The van der Waals surface area contributed by atoms with Gasteiger partial charge in [-0.25, -0.2) is 9.37 Å². The predicted molar refractivity (Wildman–Crippen MR) is 75.8 cm³/mol. The lowest BCUT2D eigenvalue weighted by Gasteiger charge is -2.06. The number of nitrogens with zero attached hydrogens (tertiary/aromatic N) is 1. The van der Waals surface area contributed by atoms with Crippen molar-refractivity contribution >= 4 is 21.7 Å². The van der Waals surface area contributed by atoms with Crippen molar-refractivity contribution in [1.29, 1.82) is 0 Å². The molecule has 0 radical (unpaired) electrons. The van der Waals surface area contributed by atoms with E-state index >= 15 is 0 Å². The van der Waals surface area contributed by atoms with E-state index in [9.17, 15) is 9.18 Å².